The monoisotopic (exact) mass is 189 g/mol. The zero-order valence-electron chi connectivity index (χ0n) is 8.62. The number of hydrogen-bond donors (Lipinski definition) is 1. The molecule has 0 heterocycles. The number of carbonyl (C=O) groups is 1. The first-order chi connectivity index (χ1) is 6.09. The first kappa shape index (κ1) is 12.4. The summed E-state index contributed by atoms with van der Waals surface area (Å²) in [6.07, 6.45) is 0. The van der Waals surface area contributed by atoms with E-state index in [2.05, 4.69) is 0 Å². The lowest BCUT2D eigenvalue weighted by Gasteiger charge is -2.18. The second kappa shape index (κ2) is 6.86. The third-order valence-corrected chi connectivity index (χ3v) is 1.68. The molecule has 1 amide bonds. The fraction of sp³-hybridized carbons (Fsp3) is 0.889. The van der Waals surface area contributed by atoms with E-state index in [0.717, 1.165) is 0 Å². The fourth-order valence-corrected chi connectivity index (χ4v) is 0.919. The number of aliphatic hydroxyl groups is 1. The SMILES string of the molecule is CC(C)C(=O)N(C)CCOCCO. The van der Waals surface area contributed by atoms with E-state index in [-0.39, 0.29) is 18.4 Å². The van der Waals surface area contributed by atoms with Gasteiger partial charge < -0.3 is 14.7 Å². The molecule has 0 aromatic carbocycles. The van der Waals surface area contributed by atoms with E-state index in [1.165, 1.54) is 0 Å². The normalized spacial score (nSPS) is 10.5. The molecule has 0 aliphatic heterocycles. The smallest absolute Gasteiger partial charge is 0.224 e. The Bertz CT molecular complexity index is 148. The lowest BCUT2D eigenvalue weighted by Crippen LogP contribution is -2.33. The van der Waals surface area contributed by atoms with E-state index in [1.807, 2.05) is 13.8 Å². The van der Waals surface area contributed by atoms with Gasteiger partial charge in [-0.15, -0.1) is 0 Å². The van der Waals surface area contributed by atoms with E-state index in [4.69, 9.17) is 9.84 Å². The van der Waals surface area contributed by atoms with Crippen LogP contribution in [0.2, 0.25) is 0 Å². The molecule has 1 N–H and O–H groups in total. The van der Waals surface area contributed by atoms with Gasteiger partial charge in [-0.3, -0.25) is 4.79 Å². The molecule has 0 fully saturated rings. The van der Waals surface area contributed by atoms with Gasteiger partial charge in [-0.2, -0.15) is 0 Å². The summed E-state index contributed by atoms with van der Waals surface area (Å²) in [5.41, 5.74) is 0. The molecule has 0 radical (unpaired) electrons. The lowest BCUT2D eigenvalue weighted by atomic mass is 10.2. The van der Waals surface area contributed by atoms with Crippen molar-refractivity contribution in [2.45, 2.75) is 13.8 Å². The van der Waals surface area contributed by atoms with Crippen molar-refractivity contribution in [3.63, 3.8) is 0 Å². The summed E-state index contributed by atoms with van der Waals surface area (Å²) in [6, 6.07) is 0. The Morgan fingerprint density at radius 1 is 1.46 bits per heavy atom. The van der Waals surface area contributed by atoms with Gasteiger partial charge in [0.2, 0.25) is 5.91 Å². The molecule has 4 nitrogen and oxygen atoms in total. The lowest BCUT2D eigenvalue weighted by molar-refractivity contribution is -0.133. The van der Waals surface area contributed by atoms with Crippen molar-refractivity contribution in [2.75, 3.05) is 33.4 Å². The summed E-state index contributed by atoms with van der Waals surface area (Å²) in [5, 5.41) is 8.42. The minimum Gasteiger partial charge on any atom is -0.394 e. The zero-order valence-corrected chi connectivity index (χ0v) is 8.62. The molecule has 0 aliphatic rings. The summed E-state index contributed by atoms with van der Waals surface area (Å²) >= 11 is 0. The summed E-state index contributed by atoms with van der Waals surface area (Å²) < 4.78 is 5.04. The standard InChI is InChI=1S/C9H19NO3/c1-8(2)9(12)10(3)4-6-13-7-5-11/h8,11H,4-7H2,1-3H3. The van der Waals surface area contributed by atoms with Crippen LogP contribution in [0.1, 0.15) is 13.8 Å². The zero-order chi connectivity index (χ0) is 10.3. The van der Waals surface area contributed by atoms with E-state index in [1.54, 1.807) is 11.9 Å². The topological polar surface area (TPSA) is 49.8 Å². The van der Waals surface area contributed by atoms with Crippen LogP contribution in [-0.4, -0.2) is 49.3 Å². The first-order valence-corrected chi connectivity index (χ1v) is 4.53. The molecule has 0 unspecified atom stereocenters. The van der Waals surface area contributed by atoms with Crippen molar-refractivity contribution in [3.8, 4) is 0 Å². The molecule has 0 saturated heterocycles. The Balaban J connectivity index is 3.50. The van der Waals surface area contributed by atoms with E-state index in [9.17, 15) is 4.79 Å². The van der Waals surface area contributed by atoms with Crippen molar-refractivity contribution in [1.29, 1.82) is 0 Å². The minimum absolute atomic E-state index is 0.0296. The number of rotatable bonds is 6. The Morgan fingerprint density at radius 3 is 2.54 bits per heavy atom. The van der Waals surface area contributed by atoms with Crippen LogP contribution in [0.25, 0.3) is 0 Å². The first-order valence-electron chi connectivity index (χ1n) is 4.53. The maximum atomic E-state index is 11.3. The number of likely N-dealkylation sites (N-methyl/N-ethyl adjacent to an activating group) is 1. The van der Waals surface area contributed by atoms with Gasteiger partial charge >= 0.3 is 0 Å². The number of carbonyl (C=O) groups excluding carboxylic acids is 1. The highest BCUT2D eigenvalue weighted by atomic mass is 16.5. The van der Waals surface area contributed by atoms with Crippen molar-refractivity contribution < 1.29 is 14.6 Å². The molecule has 0 atom stereocenters. The van der Waals surface area contributed by atoms with Crippen LogP contribution in [-0.2, 0) is 9.53 Å². The molecule has 78 valence electrons. The molecule has 0 rings (SSSR count). The molecule has 4 heteroatoms. The Hall–Kier alpha value is -0.610. The van der Waals surface area contributed by atoms with Crippen LogP contribution in [0.15, 0.2) is 0 Å². The number of ether oxygens (including phenoxy) is 1. The Labute approximate surface area is 79.5 Å². The van der Waals surface area contributed by atoms with E-state index >= 15 is 0 Å². The number of aliphatic hydroxyl groups excluding tert-OH is 1. The van der Waals surface area contributed by atoms with Gasteiger partial charge in [-0.1, -0.05) is 13.8 Å². The molecule has 0 bridgehead atoms. The van der Waals surface area contributed by atoms with Crippen molar-refractivity contribution in [3.05, 3.63) is 0 Å². The van der Waals surface area contributed by atoms with Gasteiger partial charge in [0, 0.05) is 19.5 Å². The van der Waals surface area contributed by atoms with Gasteiger partial charge in [0.25, 0.3) is 0 Å². The second-order valence-electron chi connectivity index (χ2n) is 3.25. The highest BCUT2D eigenvalue weighted by Crippen LogP contribution is 1.97. The van der Waals surface area contributed by atoms with Crippen LogP contribution in [0.3, 0.4) is 0 Å². The molecule has 0 aromatic heterocycles. The largest absolute Gasteiger partial charge is 0.394 e. The van der Waals surface area contributed by atoms with E-state index in [0.29, 0.717) is 19.8 Å². The maximum absolute atomic E-state index is 11.3. The Morgan fingerprint density at radius 2 is 2.08 bits per heavy atom. The van der Waals surface area contributed by atoms with Crippen LogP contribution in [0.5, 0.6) is 0 Å². The molecule has 13 heavy (non-hydrogen) atoms. The van der Waals surface area contributed by atoms with Crippen molar-refractivity contribution in [1.82, 2.24) is 4.90 Å². The third kappa shape index (κ3) is 5.60. The Kier molecular flexibility index (Phi) is 6.54. The number of nitrogens with zero attached hydrogens (tertiary/aromatic N) is 1. The summed E-state index contributed by atoms with van der Waals surface area (Å²) in [7, 11) is 1.75. The van der Waals surface area contributed by atoms with Gasteiger partial charge in [0.15, 0.2) is 0 Å². The second-order valence-corrected chi connectivity index (χ2v) is 3.25. The predicted molar refractivity (Wildman–Crippen MR) is 50.4 cm³/mol. The minimum atomic E-state index is 0.0296. The quantitative estimate of drug-likeness (QED) is 0.603. The number of hydrogen-bond acceptors (Lipinski definition) is 3. The molecule has 0 saturated carbocycles. The predicted octanol–water partition coefficient (Wildman–Crippen LogP) is 0.110. The average molecular weight is 189 g/mol. The van der Waals surface area contributed by atoms with Gasteiger partial charge in [-0.25, -0.2) is 0 Å². The van der Waals surface area contributed by atoms with Crippen LogP contribution in [0, 0.1) is 5.92 Å². The van der Waals surface area contributed by atoms with Crippen LogP contribution in [0.4, 0.5) is 0 Å². The number of amides is 1. The van der Waals surface area contributed by atoms with Gasteiger partial charge in [0.1, 0.15) is 0 Å². The van der Waals surface area contributed by atoms with Gasteiger partial charge in [0.05, 0.1) is 19.8 Å². The van der Waals surface area contributed by atoms with Crippen molar-refractivity contribution in [2.24, 2.45) is 5.92 Å². The summed E-state index contributed by atoms with van der Waals surface area (Å²) in [6.45, 7) is 5.17. The average Bonchev–Trinajstić information content (AvgIpc) is 2.10. The van der Waals surface area contributed by atoms with Crippen molar-refractivity contribution >= 4 is 5.91 Å². The van der Waals surface area contributed by atoms with Crippen LogP contribution < -0.4 is 0 Å². The van der Waals surface area contributed by atoms with Gasteiger partial charge in [-0.05, 0) is 0 Å². The molecule has 0 spiro atoms. The maximum Gasteiger partial charge on any atom is 0.224 e. The molecule has 0 aromatic rings. The summed E-state index contributed by atoms with van der Waals surface area (Å²) in [4.78, 5) is 13.0. The van der Waals surface area contributed by atoms with Crippen LogP contribution >= 0.6 is 0 Å². The third-order valence-electron chi connectivity index (χ3n) is 1.68. The molecular formula is C9H19NO3. The fourth-order valence-electron chi connectivity index (χ4n) is 0.919. The highest BCUT2D eigenvalue weighted by Gasteiger charge is 2.11. The highest BCUT2D eigenvalue weighted by molar-refractivity contribution is 5.77. The molecule has 0 aliphatic carbocycles. The summed E-state index contributed by atoms with van der Waals surface area (Å²) in [5.74, 6) is 0.149. The molecular weight excluding hydrogens is 170 g/mol. The van der Waals surface area contributed by atoms with E-state index < -0.39 is 0 Å².